The molecule has 7 heteroatoms. The number of halogens is 3. The molecule has 156 valence electrons. The number of furan rings is 1. The molecule has 2 N–H and O–H groups in total. The molecule has 0 aliphatic rings. The highest BCUT2D eigenvalue weighted by Crippen LogP contribution is 2.32. The smallest absolute Gasteiger partial charge is 0.291 e. The molecule has 1 amide bonds. The lowest BCUT2D eigenvalue weighted by molar-refractivity contribution is 0.0997. The standard InChI is InChI=1S/C24H16Cl3NO3/c25-16-7-9-20(17(13-16)23(29)14-4-2-1-3-5-14)28-24(30)22-11-10-21(31-22)15-6-8-18(26)19(27)12-15/h1-13,23,29H,(H,28,30). The van der Waals surface area contributed by atoms with E-state index in [2.05, 4.69) is 5.32 Å². The van der Waals surface area contributed by atoms with Crippen LogP contribution in [-0.2, 0) is 0 Å². The second-order valence-electron chi connectivity index (χ2n) is 6.79. The average molecular weight is 473 g/mol. The molecule has 0 radical (unpaired) electrons. The van der Waals surface area contributed by atoms with Gasteiger partial charge in [0.05, 0.1) is 10.0 Å². The van der Waals surface area contributed by atoms with Crippen LogP contribution in [0.5, 0.6) is 0 Å². The van der Waals surface area contributed by atoms with Crippen molar-refractivity contribution in [2.75, 3.05) is 5.32 Å². The molecule has 0 spiro atoms. The van der Waals surface area contributed by atoms with Gasteiger partial charge in [0, 0.05) is 21.8 Å². The minimum Gasteiger partial charge on any atom is -0.451 e. The number of hydrogen-bond acceptors (Lipinski definition) is 3. The van der Waals surface area contributed by atoms with Crippen LogP contribution in [0.2, 0.25) is 15.1 Å². The monoisotopic (exact) mass is 471 g/mol. The number of nitrogens with one attached hydrogen (secondary N) is 1. The van der Waals surface area contributed by atoms with Gasteiger partial charge in [-0.1, -0.05) is 65.1 Å². The zero-order chi connectivity index (χ0) is 22.0. The van der Waals surface area contributed by atoms with Crippen molar-refractivity contribution >= 4 is 46.4 Å². The van der Waals surface area contributed by atoms with E-state index in [0.717, 1.165) is 0 Å². The van der Waals surface area contributed by atoms with Gasteiger partial charge in [-0.05, 0) is 54.1 Å². The highest BCUT2D eigenvalue weighted by Gasteiger charge is 2.19. The zero-order valence-corrected chi connectivity index (χ0v) is 18.2. The molecule has 4 aromatic rings. The van der Waals surface area contributed by atoms with Gasteiger partial charge in [0.2, 0.25) is 0 Å². The summed E-state index contributed by atoms with van der Waals surface area (Å²) in [5.74, 6) is 0.121. The summed E-state index contributed by atoms with van der Waals surface area (Å²) in [5, 5.41) is 14.9. The number of carbonyl (C=O) groups is 1. The van der Waals surface area contributed by atoms with E-state index in [1.54, 1.807) is 60.7 Å². The number of benzene rings is 3. The van der Waals surface area contributed by atoms with Gasteiger partial charge in [-0.15, -0.1) is 0 Å². The van der Waals surface area contributed by atoms with Crippen LogP contribution >= 0.6 is 34.8 Å². The van der Waals surface area contributed by atoms with Gasteiger partial charge in [-0.3, -0.25) is 4.79 Å². The van der Waals surface area contributed by atoms with Crippen LogP contribution in [0, 0.1) is 0 Å². The first kappa shape index (κ1) is 21.5. The Bertz CT molecular complexity index is 1240. The summed E-state index contributed by atoms with van der Waals surface area (Å²) in [6.07, 6.45) is -0.960. The van der Waals surface area contributed by atoms with Crippen molar-refractivity contribution in [2.24, 2.45) is 0 Å². The van der Waals surface area contributed by atoms with E-state index >= 15 is 0 Å². The predicted octanol–water partition coefficient (Wildman–Crippen LogP) is 7.24. The molecule has 1 atom stereocenters. The van der Waals surface area contributed by atoms with E-state index in [-0.39, 0.29) is 5.76 Å². The summed E-state index contributed by atoms with van der Waals surface area (Å²) in [5.41, 5.74) is 2.28. The van der Waals surface area contributed by atoms with E-state index in [4.69, 9.17) is 39.2 Å². The van der Waals surface area contributed by atoms with Crippen LogP contribution in [0.3, 0.4) is 0 Å². The largest absolute Gasteiger partial charge is 0.451 e. The number of amides is 1. The maximum atomic E-state index is 12.8. The summed E-state index contributed by atoms with van der Waals surface area (Å²) >= 11 is 18.2. The molecule has 1 heterocycles. The number of carbonyl (C=O) groups excluding carboxylic acids is 1. The zero-order valence-electron chi connectivity index (χ0n) is 16.0. The highest BCUT2D eigenvalue weighted by atomic mass is 35.5. The molecule has 1 unspecified atom stereocenters. The van der Waals surface area contributed by atoms with Gasteiger partial charge in [0.15, 0.2) is 5.76 Å². The molecule has 4 nitrogen and oxygen atoms in total. The molecule has 4 rings (SSSR count). The molecule has 31 heavy (non-hydrogen) atoms. The third-order valence-corrected chi connectivity index (χ3v) is 5.68. The van der Waals surface area contributed by atoms with Gasteiger partial charge < -0.3 is 14.8 Å². The fraction of sp³-hybridized carbons (Fsp3) is 0.0417. The van der Waals surface area contributed by atoms with Crippen molar-refractivity contribution in [1.29, 1.82) is 0 Å². The Balaban J connectivity index is 1.59. The number of aliphatic hydroxyl groups is 1. The van der Waals surface area contributed by atoms with Gasteiger partial charge >= 0.3 is 0 Å². The lowest BCUT2D eigenvalue weighted by Gasteiger charge is -2.17. The molecule has 1 aromatic heterocycles. The highest BCUT2D eigenvalue weighted by molar-refractivity contribution is 6.42. The Morgan fingerprint density at radius 1 is 0.871 bits per heavy atom. The lowest BCUT2D eigenvalue weighted by atomic mass is 10.00. The van der Waals surface area contributed by atoms with Crippen LogP contribution in [-0.4, -0.2) is 11.0 Å². The number of aliphatic hydroxyl groups excluding tert-OH is 1. The van der Waals surface area contributed by atoms with Crippen molar-refractivity contribution in [3.05, 3.63) is 111 Å². The van der Waals surface area contributed by atoms with Crippen LogP contribution < -0.4 is 5.32 Å². The Kier molecular flexibility index (Phi) is 6.35. The molecular formula is C24H16Cl3NO3. The number of hydrogen-bond donors (Lipinski definition) is 2. The molecule has 0 fully saturated rings. The van der Waals surface area contributed by atoms with E-state index < -0.39 is 12.0 Å². The summed E-state index contributed by atoms with van der Waals surface area (Å²) in [6.45, 7) is 0. The predicted molar refractivity (Wildman–Crippen MR) is 124 cm³/mol. The van der Waals surface area contributed by atoms with Gasteiger partial charge in [0.25, 0.3) is 5.91 Å². The number of rotatable bonds is 5. The normalized spacial score (nSPS) is 11.9. The Morgan fingerprint density at radius 2 is 1.65 bits per heavy atom. The van der Waals surface area contributed by atoms with Crippen molar-refractivity contribution in [2.45, 2.75) is 6.10 Å². The Morgan fingerprint density at radius 3 is 2.39 bits per heavy atom. The van der Waals surface area contributed by atoms with Gasteiger partial charge in [0.1, 0.15) is 11.9 Å². The van der Waals surface area contributed by atoms with Gasteiger partial charge in [-0.25, -0.2) is 0 Å². The van der Waals surface area contributed by atoms with Crippen molar-refractivity contribution in [3.63, 3.8) is 0 Å². The maximum absolute atomic E-state index is 12.8. The van der Waals surface area contributed by atoms with E-state index in [1.807, 2.05) is 18.2 Å². The van der Waals surface area contributed by atoms with Crippen LogP contribution in [0.25, 0.3) is 11.3 Å². The van der Waals surface area contributed by atoms with Crippen LogP contribution in [0.15, 0.2) is 83.3 Å². The van der Waals surface area contributed by atoms with Gasteiger partial charge in [-0.2, -0.15) is 0 Å². The summed E-state index contributed by atoms with van der Waals surface area (Å²) in [7, 11) is 0. The molecule has 0 bridgehead atoms. The van der Waals surface area contributed by atoms with Crippen molar-refractivity contribution in [1.82, 2.24) is 0 Å². The minimum absolute atomic E-state index is 0.108. The van der Waals surface area contributed by atoms with Crippen LogP contribution in [0.4, 0.5) is 5.69 Å². The maximum Gasteiger partial charge on any atom is 0.291 e. The second-order valence-corrected chi connectivity index (χ2v) is 8.04. The topological polar surface area (TPSA) is 62.5 Å². The quantitative estimate of drug-likeness (QED) is 0.322. The van der Waals surface area contributed by atoms with Crippen LogP contribution in [0.1, 0.15) is 27.8 Å². The minimum atomic E-state index is -0.960. The van der Waals surface area contributed by atoms with E-state index in [0.29, 0.717) is 43.2 Å². The molecule has 0 saturated heterocycles. The molecule has 0 aliphatic heterocycles. The fourth-order valence-electron chi connectivity index (χ4n) is 3.14. The SMILES string of the molecule is O=C(Nc1ccc(Cl)cc1C(O)c1ccccc1)c1ccc(-c2ccc(Cl)c(Cl)c2)o1. The molecule has 3 aromatic carbocycles. The van der Waals surface area contributed by atoms with E-state index in [9.17, 15) is 9.90 Å². The fourth-order valence-corrected chi connectivity index (χ4v) is 3.62. The Hall–Kier alpha value is -2.76. The Labute approximate surface area is 194 Å². The average Bonchev–Trinajstić information content (AvgIpc) is 3.27. The van der Waals surface area contributed by atoms with Crippen molar-refractivity contribution in [3.8, 4) is 11.3 Å². The first-order valence-corrected chi connectivity index (χ1v) is 10.4. The van der Waals surface area contributed by atoms with E-state index in [1.165, 1.54) is 0 Å². The summed E-state index contributed by atoms with van der Waals surface area (Å²) < 4.78 is 5.70. The molecular weight excluding hydrogens is 457 g/mol. The molecule has 0 aliphatic carbocycles. The molecule has 0 saturated carbocycles. The van der Waals surface area contributed by atoms with Crippen molar-refractivity contribution < 1.29 is 14.3 Å². The summed E-state index contributed by atoms with van der Waals surface area (Å²) in [4.78, 5) is 12.8. The first-order chi connectivity index (χ1) is 14.9. The third kappa shape index (κ3) is 4.78. The first-order valence-electron chi connectivity index (χ1n) is 9.31. The summed E-state index contributed by atoms with van der Waals surface area (Å²) in [6, 6.07) is 22.3. The lowest BCUT2D eigenvalue weighted by Crippen LogP contribution is -2.14. The third-order valence-electron chi connectivity index (χ3n) is 4.71. The number of anilines is 1. The second kappa shape index (κ2) is 9.16.